The van der Waals surface area contributed by atoms with E-state index in [0.29, 0.717) is 11.7 Å². The molecule has 1 saturated heterocycles. The molecule has 2 aromatic rings. The van der Waals surface area contributed by atoms with E-state index in [1.54, 1.807) is 0 Å². The first kappa shape index (κ1) is 16.3. The number of nitrogens with zero attached hydrogens (tertiary/aromatic N) is 1. The monoisotopic (exact) mass is 372 g/mol. The second kappa shape index (κ2) is 6.81. The highest BCUT2D eigenvalue weighted by atomic mass is 79.9. The van der Waals surface area contributed by atoms with Crippen LogP contribution in [0.1, 0.15) is 17.0 Å². The van der Waals surface area contributed by atoms with E-state index in [1.807, 2.05) is 36.2 Å². The van der Waals surface area contributed by atoms with Crippen LogP contribution < -0.4 is 5.32 Å². The summed E-state index contributed by atoms with van der Waals surface area (Å²) in [5.74, 6) is 0.974. The van der Waals surface area contributed by atoms with Crippen LogP contribution in [0.5, 0.6) is 0 Å². The Morgan fingerprint density at radius 2 is 2.29 bits per heavy atom. The summed E-state index contributed by atoms with van der Waals surface area (Å²) in [4.78, 5) is 14.3. The highest BCUT2D eigenvalue weighted by Crippen LogP contribution is 2.25. The fourth-order valence-corrected chi connectivity index (χ4v) is 3.13. The normalized spacial score (nSPS) is 18.0. The van der Waals surface area contributed by atoms with Crippen molar-refractivity contribution >= 4 is 45.2 Å². The van der Waals surface area contributed by atoms with Gasteiger partial charge in [-0.05, 0) is 50.2 Å². The number of amides is 1. The summed E-state index contributed by atoms with van der Waals surface area (Å²) in [5.41, 5.74) is 0.752. The molecule has 21 heavy (non-hydrogen) atoms. The summed E-state index contributed by atoms with van der Waals surface area (Å²) in [6, 6.07) is 7.58. The van der Waals surface area contributed by atoms with Gasteiger partial charge >= 0.3 is 0 Å². The van der Waals surface area contributed by atoms with Crippen molar-refractivity contribution in [3.8, 4) is 0 Å². The molecule has 3 rings (SSSR count). The van der Waals surface area contributed by atoms with Crippen LogP contribution in [0.25, 0.3) is 11.0 Å². The smallest absolute Gasteiger partial charge is 0.289 e. The third kappa shape index (κ3) is 3.42. The van der Waals surface area contributed by atoms with E-state index in [0.717, 1.165) is 41.5 Å². The fourth-order valence-electron chi connectivity index (χ4n) is 2.75. The molecule has 1 amide bonds. The first-order valence-corrected chi connectivity index (χ1v) is 7.59. The second-order valence-electron chi connectivity index (χ2n) is 5.26. The minimum absolute atomic E-state index is 0. The molecular formula is C15H18BrClN2O2. The van der Waals surface area contributed by atoms with Gasteiger partial charge in [0.2, 0.25) is 0 Å². The number of halogens is 2. The lowest BCUT2D eigenvalue weighted by atomic mass is 10.1. The van der Waals surface area contributed by atoms with Crippen molar-refractivity contribution in [3.05, 3.63) is 34.5 Å². The van der Waals surface area contributed by atoms with Gasteiger partial charge in [0, 0.05) is 22.9 Å². The number of rotatable bonds is 3. The van der Waals surface area contributed by atoms with Crippen LogP contribution in [0.4, 0.5) is 0 Å². The van der Waals surface area contributed by atoms with Gasteiger partial charge in [-0.15, -0.1) is 12.4 Å². The van der Waals surface area contributed by atoms with Crippen LogP contribution in [-0.2, 0) is 0 Å². The maximum Gasteiger partial charge on any atom is 0.289 e. The summed E-state index contributed by atoms with van der Waals surface area (Å²) in [7, 11) is 1.95. The molecule has 1 aromatic heterocycles. The largest absolute Gasteiger partial charge is 0.451 e. The molecule has 1 atom stereocenters. The van der Waals surface area contributed by atoms with Crippen LogP contribution in [-0.4, -0.2) is 37.5 Å². The van der Waals surface area contributed by atoms with E-state index in [-0.39, 0.29) is 18.3 Å². The van der Waals surface area contributed by atoms with Crippen molar-refractivity contribution in [2.24, 2.45) is 5.92 Å². The van der Waals surface area contributed by atoms with Crippen molar-refractivity contribution in [2.75, 3.05) is 26.7 Å². The zero-order valence-electron chi connectivity index (χ0n) is 11.8. The molecule has 114 valence electrons. The van der Waals surface area contributed by atoms with Gasteiger partial charge in [0.25, 0.3) is 5.91 Å². The van der Waals surface area contributed by atoms with E-state index < -0.39 is 0 Å². The van der Waals surface area contributed by atoms with Crippen molar-refractivity contribution in [2.45, 2.75) is 6.42 Å². The second-order valence-corrected chi connectivity index (χ2v) is 6.17. The Hall–Kier alpha value is -1.04. The first-order valence-electron chi connectivity index (χ1n) is 6.80. The summed E-state index contributed by atoms with van der Waals surface area (Å²) >= 11 is 3.43. The van der Waals surface area contributed by atoms with Crippen LogP contribution in [0, 0.1) is 5.92 Å². The molecule has 1 aliphatic heterocycles. The quantitative estimate of drug-likeness (QED) is 0.898. The number of hydrogen-bond donors (Lipinski definition) is 1. The predicted octanol–water partition coefficient (Wildman–Crippen LogP) is 3.30. The van der Waals surface area contributed by atoms with Crippen molar-refractivity contribution in [1.29, 1.82) is 0 Å². The Labute approximate surface area is 138 Å². The lowest BCUT2D eigenvalue weighted by Gasteiger charge is -2.14. The Kier molecular flexibility index (Phi) is 5.30. The SMILES string of the molecule is CNCC1CCN(C(=O)c2cc3cc(Br)ccc3o2)C1.Cl. The van der Waals surface area contributed by atoms with Crippen LogP contribution in [0.3, 0.4) is 0 Å². The highest BCUT2D eigenvalue weighted by molar-refractivity contribution is 9.10. The molecule has 6 heteroatoms. The number of furan rings is 1. The maximum atomic E-state index is 12.5. The number of benzene rings is 1. The summed E-state index contributed by atoms with van der Waals surface area (Å²) in [6.45, 7) is 2.57. The minimum Gasteiger partial charge on any atom is -0.451 e. The molecule has 0 saturated carbocycles. The summed E-state index contributed by atoms with van der Waals surface area (Å²) in [5, 5.41) is 4.12. The number of fused-ring (bicyclic) bond motifs is 1. The van der Waals surface area contributed by atoms with Gasteiger partial charge < -0.3 is 14.6 Å². The Bertz CT molecular complexity index is 644. The van der Waals surface area contributed by atoms with Crippen LogP contribution in [0.2, 0.25) is 0 Å². The molecule has 0 spiro atoms. The van der Waals surface area contributed by atoms with Gasteiger partial charge in [-0.1, -0.05) is 15.9 Å². The third-order valence-electron chi connectivity index (χ3n) is 3.75. The van der Waals surface area contributed by atoms with E-state index in [2.05, 4.69) is 21.2 Å². The molecule has 4 nitrogen and oxygen atoms in total. The van der Waals surface area contributed by atoms with Crippen molar-refractivity contribution in [3.63, 3.8) is 0 Å². The van der Waals surface area contributed by atoms with Crippen LogP contribution >= 0.6 is 28.3 Å². The number of carbonyl (C=O) groups excluding carboxylic acids is 1. The van der Waals surface area contributed by atoms with E-state index >= 15 is 0 Å². The number of likely N-dealkylation sites (tertiary alicyclic amines) is 1. The molecule has 1 N–H and O–H groups in total. The molecule has 1 aliphatic rings. The average Bonchev–Trinajstić information content (AvgIpc) is 3.04. The number of hydrogen-bond acceptors (Lipinski definition) is 3. The standard InChI is InChI=1S/C15H17BrN2O2.ClH/c1-17-8-10-4-5-18(9-10)15(19)14-7-11-6-12(16)2-3-13(11)20-14;/h2-3,6-7,10,17H,4-5,8-9H2,1H3;1H. The average molecular weight is 374 g/mol. The predicted molar refractivity (Wildman–Crippen MR) is 89.1 cm³/mol. The Morgan fingerprint density at radius 1 is 1.48 bits per heavy atom. The number of nitrogens with one attached hydrogen (secondary N) is 1. The molecule has 1 aromatic carbocycles. The minimum atomic E-state index is -0.00377. The van der Waals surface area contributed by atoms with Crippen molar-refractivity contribution < 1.29 is 9.21 Å². The zero-order chi connectivity index (χ0) is 14.1. The molecule has 1 fully saturated rings. The Morgan fingerprint density at radius 3 is 3.05 bits per heavy atom. The van der Waals surface area contributed by atoms with E-state index in [4.69, 9.17) is 4.42 Å². The topological polar surface area (TPSA) is 45.5 Å². The first-order chi connectivity index (χ1) is 9.67. The molecule has 2 heterocycles. The van der Waals surface area contributed by atoms with Gasteiger partial charge in [-0.3, -0.25) is 4.79 Å². The van der Waals surface area contributed by atoms with Gasteiger partial charge in [0.1, 0.15) is 5.58 Å². The van der Waals surface area contributed by atoms with E-state index in [9.17, 15) is 4.79 Å². The summed E-state index contributed by atoms with van der Waals surface area (Å²) in [6.07, 6.45) is 1.05. The van der Waals surface area contributed by atoms with Crippen LogP contribution in [0.15, 0.2) is 33.2 Å². The van der Waals surface area contributed by atoms with Gasteiger partial charge in [-0.2, -0.15) is 0 Å². The highest BCUT2D eigenvalue weighted by Gasteiger charge is 2.28. The lowest BCUT2D eigenvalue weighted by Crippen LogP contribution is -2.30. The summed E-state index contributed by atoms with van der Waals surface area (Å²) < 4.78 is 6.65. The molecule has 0 radical (unpaired) electrons. The van der Waals surface area contributed by atoms with Gasteiger partial charge in [-0.25, -0.2) is 0 Å². The lowest BCUT2D eigenvalue weighted by molar-refractivity contribution is 0.0758. The van der Waals surface area contributed by atoms with Crippen molar-refractivity contribution in [1.82, 2.24) is 10.2 Å². The van der Waals surface area contributed by atoms with E-state index in [1.165, 1.54) is 0 Å². The zero-order valence-corrected chi connectivity index (χ0v) is 14.2. The molecule has 1 unspecified atom stereocenters. The molecule has 0 bridgehead atoms. The maximum absolute atomic E-state index is 12.5. The molecule has 0 aliphatic carbocycles. The third-order valence-corrected chi connectivity index (χ3v) is 4.25. The molecular weight excluding hydrogens is 356 g/mol. The van der Waals surface area contributed by atoms with Gasteiger partial charge in [0.15, 0.2) is 5.76 Å². The Balaban J connectivity index is 0.00000161. The fraction of sp³-hybridized carbons (Fsp3) is 0.400. The van der Waals surface area contributed by atoms with Gasteiger partial charge in [0.05, 0.1) is 0 Å². The number of carbonyl (C=O) groups is 1.